The number of rotatable bonds is 59. The summed E-state index contributed by atoms with van der Waals surface area (Å²) in [4.78, 5) is 35.7. The van der Waals surface area contributed by atoms with Gasteiger partial charge in [0.1, 0.15) is 19.8 Å². The first-order chi connectivity index (χ1) is 36.0. The second-order valence-corrected chi connectivity index (χ2v) is 24.3. The minimum atomic E-state index is -4.38. The van der Waals surface area contributed by atoms with Crippen LogP contribution in [-0.2, 0) is 32.7 Å². The number of hydrogen-bond donors (Lipinski definition) is 1. The molecule has 2 atom stereocenters. The third-order valence-electron chi connectivity index (χ3n) is 14.2. The van der Waals surface area contributed by atoms with Gasteiger partial charge in [0, 0.05) is 12.8 Å². The van der Waals surface area contributed by atoms with Gasteiger partial charge in [-0.3, -0.25) is 18.6 Å². The van der Waals surface area contributed by atoms with Crippen molar-refractivity contribution in [3.05, 3.63) is 36.5 Å². The van der Waals surface area contributed by atoms with Crippen LogP contribution in [0, 0.1) is 0 Å². The first-order valence-corrected chi connectivity index (χ1v) is 33.2. The molecule has 0 saturated heterocycles. The molecule has 0 saturated carbocycles. The highest BCUT2D eigenvalue weighted by Crippen LogP contribution is 2.43. The summed E-state index contributed by atoms with van der Waals surface area (Å²) in [6.45, 7) is 4.47. The second-order valence-electron chi connectivity index (χ2n) is 22.8. The van der Waals surface area contributed by atoms with Crippen molar-refractivity contribution in [3.63, 3.8) is 0 Å². The molecule has 1 N–H and O–H groups in total. The molecule has 0 aromatic rings. The highest BCUT2D eigenvalue weighted by molar-refractivity contribution is 7.47. The Morgan fingerprint density at radius 3 is 1.08 bits per heavy atom. The van der Waals surface area contributed by atoms with Gasteiger partial charge in [0.05, 0.1) is 27.7 Å². The Balaban J connectivity index is 4.01. The number of carbonyl (C=O) groups is 2. The monoisotopic (exact) mass is 1060 g/mol. The number of carbonyl (C=O) groups excluding carboxylic acids is 2. The van der Waals surface area contributed by atoms with E-state index < -0.39 is 26.5 Å². The predicted molar refractivity (Wildman–Crippen MR) is 317 cm³/mol. The van der Waals surface area contributed by atoms with Gasteiger partial charge < -0.3 is 18.9 Å². The van der Waals surface area contributed by atoms with E-state index in [1.165, 1.54) is 231 Å². The normalized spacial score (nSPS) is 13.4. The number of ether oxygens (including phenoxy) is 2. The predicted octanol–water partition coefficient (Wildman–Crippen LogP) is 19.9. The van der Waals surface area contributed by atoms with Gasteiger partial charge in [-0.2, -0.15) is 0 Å². The molecule has 0 rings (SSSR count). The molecule has 10 heteroatoms. The lowest BCUT2D eigenvalue weighted by Crippen LogP contribution is -2.37. The van der Waals surface area contributed by atoms with Crippen molar-refractivity contribution in [1.82, 2.24) is 0 Å². The fourth-order valence-electron chi connectivity index (χ4n) is 9.26. The van der Waals surface area contributed by atoms with E-state index in [2.05, 4.69) is 50.3 Å². The van der Waals surface area contributed by atoms with Crippen LogP contribution < -0.4 is 0 Å². The lowest BCUT2D eigenvalue weighted by atomic mass is 10.0. The number of unbranched alkanes of at least 4 members (excludes halogenated alkanes) is 39. The zero-order valence-electron chi connectivity index (χ0n) is 49.6. The molecule has 0 aliphatic carbocycles. The average Bonchev–Trinajstić information content (AvgIpc) is 3.36. The number of esters is 2. The summed E-state index contributed by atoms with van der Waals surface area (Å²) in [5, 5.41) is 0. The summed E-state index contributed by atoms with van der Waals surface area (Å²) in [5.74, 6) is -0.779. The number of quaternary nitrogens is 1. The van der Waals surface area contributed by atoms with Gasteiger partial charge in [-0.1, -0.05) is 281 Å². The highest BCUT2D eigenvalue weighted by atomic mass is 31.2. The summed E-state index contributed by atoms with van der Waals surface area (Å²) in [7, 11) is 1.49. The molecular formula is C64H123NO8P+. The van der Waals surface area contributed by atoms with E-state index >= 15 is 0 Å². The van der Waals surface area contributed by atoms with Gasteiger partial charge in [0.15, 0.2) is 6.10 Å². The maximum Gasteiger partial charge on any atom is 0.472 e. The zero-order valence-corrected chi connectivity index (χ0v) is 50.5. The molecule has 0 spiro atoms. The first kappa shape index (κ1) is 72.2. The largest absolute Gasteiger partial charge is 0.472 e. The number of phosphoric ester groups is 1. The molecule has 0 aromatic heterocycles. The van der Waals surface area contributed by atoms with Gasteiger partial charge in [0.25, 0.3) is 0 Å². The van der Waals surface area contributed by atoms with Crippen LogP contribution in [0.15, 0.2) is 36.5 Å². The first-order valence-electron chi connectivity index (χ1n) is 31.7. The zero-order chi connectivity index (χ0) is 54.2. The second kappa shape index (κ2) is 56.0. The van der Waals surface area contributed by atoms with E-state index in [4.69, 9.17) is 18.5 Å². The molecule has 0 radical (unpaired) electrons. The molecule has 0 aromatic carbocycles. The van der Waals surface area contributed by atoms with Crippen LogP contribution in [0.3, 0.4) is 0 Å². The van der Waals surface area contributed by atoms with Crippen molar-refractivity contribution < 1.29 is 42.1 Å². The Kier molecular flexibility index (Phi) is 54.6. The van der Waals surface area contributed by atoms with E-state index in [-0.39, 0.29) is 25.6 Å². The molecule has 0 aliphatic rings. The fraction of sp³-hybridized carbons (Fsp3) is 0.875. The summed E-state index contributed by atoms with van der Waals surface area (Å²) in [6.07, 6.45) is 69.4. The molecule has 0 heterocycles. The van der Waals surface area contributed by atoms with Gasteiger partial charge in [-0.05, 0) is 51.4 Å². The summed E-state index contributed by atoms with van der Waals surface area (Å²) >= 11 is 0. The number of likely N-dealkylation sites (N-methyl/N-ethyl adjacent to an activating group) is 1. The van der Waals surface area contributed by atoms with Crippen LogP contribution in [0.2, 0.25) is 0 Å². The Hall–Kier alpha value is -1.77. The van der Waals surface area contributed by atoms with E-state index in [0.29, 0.717) is 23.9 Å². The van der Waals surface area contributed by atoms with Crippen LogP contribution in [0.5, 0.6) is 0 Å². The van der Waals surface area contributed by atoms with Crippen molar-refractivity contribution >= 4 is 19.8 Å². The number of hydrogen-bond acceptors (Lipinski definition) is 7. The van der Waals surface area contributed by atoms with Gasteiger partial charge in [-0.25, -0.2) is 4.57 Å². The minimum absolute atomic E-state index is 0.0346. The van der Waals surface area contributed by atoms with Gasteiger partial charge in [-0.15, -0.1) is 0 Å². The Bertz CT molecular complexity index is 1340. The molecule has 9 nitrogen and oxygen atoms in total. The van der Waals surface area contributed by atoms with Gasteiger partial charge >= 0.3 is 19.8 Å². The van der Waals surface area contributed by atoms with Gasteiger partial charge in [0.2, 0.25) is 0 Å². The molecule has 2 unspecified atom stereocenters. The number of phosphoric acid groups is 1. The smallest absolute Gasteiger partial charge is 0.462 e. The van der Waals surface area contributed by atoms with Crippen LogP contribution in [0.25, 0.3) is 0 Å². The van der Waals surface area contributed by atoms with Crippen molar-refractivity contribution in [1.29, 1.82) is 0 Å². The molecular weight excluding hydrogens is 942 g/mol. The van der Waals surface area contributed by atoms with E-state index in [1.807, 2.05) is 21.1 Å². The minimum Gasteiger partial charge on any atom is -0.462 e. The van der Waals surface area contributed by atoms with Crippen molar-refractivity contribution in [3.8, 4) is 0 Å². The van der Waals surface area contributed by atoms with Crippen LogP contribution >= 0.6 is 7.82 Å². The average molecular weight is 1070 g/mol. The molecule has 0 bridgehead atoms. The number of allylic oxidation sites excluding steroid dienone is 6. The summed E-state index contributed by atoms with van der Waals surface area (Å²) < 4.78 is 34.6. The third-order valence-corrected chi connectivity index (χ3v) is 15.2. The topological polar surface area (TPSA) is 108 Å². The molecule has 74 heavy (non-hydrogen) atoms. The SMILES string of the molecule is CCCCCCC/C=C\C/C=C\C/C=C\CCCCCCCCCCCCCCCCCCCCC(=O)OC(COC(=O)CCCCCCCCCCCCCCCCCCC)COP(=O)(O)OCC[N+](C)(C)C. The summed E-state index contributed by atoms with van der Waals surface area (Å²) in [5.41, 5.74) is 0. The molecule has 0 aliphatic heterocycles. The lowest BCUT2D eigenvalue weighted by molar-refractivity contribution is -0.870. The van der Waals surface area contributed by atoms with E-state index in [1.54, 1.807) is 0 Å². The van der Waals surface area contributed by atoms with Crippen molar-refractivity contribution in [2.75, 3.05) is 47.5 Å². The lowest BCUT2D eigenvalue weighted by Gasteiger charge is -2.24. The Labute approximate surface area is 459 Å². The van der Waals surface area contributed by atoms with E-state index in [0.717, 1.165) is 44.9 Å². The van der Waals surface area contributed by atoms with Crippen molar-refractivity contribution in [2.45, 2.75) is 315 Å². The molecule has 0 amide bonds. The Morgan fingerprint density at radius 2 is 0.730 bits per heavy atom. The maximum absolute atomic E-state index is 12.8. The molecule has 0 fully saturated rings. The highest BCUT2D eigenvalue weighted by Gasteiger charge is 2.27. The number of nitrogens with zero attached hydrogens (tertiary/aromatic N) is 1. The summed E-state index contributed by atoms with van der Waals surface area (Å²) in [6, 6.07) is 0. The van der Waals surface area contributed by atoms with E-state index in [9.17, 15) is 19.0 Å². The van der Waals surface area contributed by atoms with Crippen LogP contribution in [-0.4, -0.2) is 74.9 Å². The van der Waals surface area contributed by atoms with Crippen LogP contribution in [0.4, 0.5) is 0 Å². The fourth-order valence-corrected chi connectivity index (χ4v) is 10.0. The Morgan fingerprint density at radius 1 is 0.419 bits per heavy atom. The third kappa shape index (κ3) is 59.5. The maximum atomic E-state index is 12.8. The van der Waals surface area contributed by atoms with Crippen LogP contribution in [0.1, 0.15) is 309 Å². The van der Waals surface area contributed by atoms with Crippen molar-refractivity contribution in [2.24, 2.45) is 0 Å². The quantitative estimate of drug-likeness (QED) is 0.0211. The standard InChI is InChI=1S/C64H122NO8P/c1-6-8-10-12-14-16-18-20-22-24-25-26-27-28-29-30-31-32-33-34-35-36-37-38-39-41-43-45-47-49-51-53-55-57-64(67)73-62(61-72-74(68,69)71-59-58-65(3,4)5)60-70-63(66)56-54-52-50-48-46-44-42-40-23-21-19-17-15-13-11-9-7-2/h18,20,24-25,27-28,62H,6-17,19,21-23,26,29-61H2,1-5H3/p+1/b20-18-,25-24-,28-27-. The molecule has 436 valence electrons.